The van der Waals surface area contributed by atoms with E-state index in [1.165, 1.54) is 7.11 Å². The first-order valence-electron chi connectivity index (χ1n) is 4.47. The van der Waals surface area contributed by atoms with Crippen LogP contribution in [0.1, 0.15) is 19.3 Å². The maximum Gasteiger partial charge on any atom is 0.249 e. The molecule has 1 fully saturated rings. The second kappa shape index (κ2) is 4.83. The third kappa shape index (κ3) is 2.43. The van der Waals surface area contributed by atoms with E-state index in [9.17, 15) is 4.79 Å². The predicted molar refractivity (Wildman–Crippen MR) is 46.8 cm³/mol. The minimum Gasteiger partial charge on any atom is -0.375 e. The Labute approximate surface area is 78.1 Å². The molecule has 1 saturated heterocycles. The van der Waals surface area contributed by atoms with Crippen LogP contribution in [0.25, 0.3) is 0 Å². The Kier molecular flexibility index (Phi) is 3.71. The molecule has 13 heavy (non-hydrogen) atoms. The molecule has 0 radical (unpaired) electrons. The van der Waals surface area contributed by atoms with Gasteiger partial charge in [-0.25, -0.2) is 0 Å². The van der Waals surface area contributed by atoms with Crippen molar-refractivity contribution in [1.29, 1.82) is 5.26 Å². The third-order valence-corrected chi connectivity index (χ3v) is 2.24. The molecule has 1 aliphatic rings. The zero-order valence-corrected chi connectivity index (χ0v) is 7.82. The number of amides is 1. The van der Waals surface area contributed by atoms with E-state index in [-0.39, 0.29) is 18.6 Å². The van der Waals surface area contributed by atoms with Crippen LogP contribution in [0.5, 0.6) is 0 Å². The van der Waals surface area contributed by atoms with Crippen LogP contribution in [0.4, 0.5) is 0 Å². The van der Waals surface area contributed by atoms with E-state index >= 15 is 0 Å². The van der Waals surface area contributed by atoms with Crippen LogP contribution in [-0.4, -0.2) is 37.1 Å². The van der Waals surface area contributed by atoms with Gasteiger partial charge in [-0.1, -0.05) is 0 Å². The molecule has 1 aliphatic heterocycles. The van der Waals surface area contributed by atoms with E-state index in [2.05, 4.69) is 6.07 Å². The summed E-state index contributed by atoms with van der Waals surface area (Å²) in [4.78, 5) is 13.0. The average Bonchev–Trinajstić information content (AvgIpc) is 2.18. The topological polar surface area (TPSA) is 53.3 Å². The van der Waals surface area contributed by atoms with Crippen molar-refractivity contribution in [3.8, 4) is 6.07 Å². The summed E-state index contributed by atoms with van der Waals surface area (Å²) in [6.07, 6.45) is 2.83. The summed E-state index contributed by atoms with van der Waals surface area (Å²) < 4.78 is 4.75. The molecule has 0 bridgehead atoms. The van der Waals surface area contributed by atoms with Crippen LogP contribution in [0.15, 0.2) is 0 Å². The Morgan fingerprint density at radius 2 is 2.46 bits per heavy atom. The number of hydrogen-bond donors (Lipinski definition) is 0. The van der Waals surface area contributed by atoms with Crippen LogP contribution in [-0.2, 0) is 9.53 Å². The van der Waals surface area contributed by atoms with Crippen LogP contribution < -0.4 is 0 Å². The van der Waals surface area contributed by atoms with Crippen molar-refractivity contribution in [2.24, 2.45) is 0 Å². The number of piperidine rings is 1. The lowest BCUT2D eigenvalue weighted by Crippen LogP contribution is -2.44. The maximum atomic E-state index is 11.4. The minimum atomic E-state index is -0.239. The van der Waals surface area contributed by atoms with Crippen molar-refractivity contribution in [2.45, 2.75) is 25.3 Å². The van der Waals surface area contributed by atoms with Gasteiger partial charge in [0.15, 0.2) is 0 Å². The number of nitrogens with zero attached hydrogens (tertiary/aromatic N) is 2. The largest absolute Gasteiger partial charge is 0.375 e. The molecule has 1 amide bonds. The van der Waals surface area contributed by atoms with E-state index in [1.807, 2.05) is 0 Å². The van der Waals surface area contributed by atoms with E-state index in [0.717, 1.165) is 19.3 Å². The molecule has 0 N–H and O–H groups in total. The Morgan fingerprint density at radius 1 is 1.69 bits per heavy atom. The zero-order valence-electron chi connectivity index (χ0n) is 7.82. The molecule has 0 spiro atoms. The molecule has 1 atom stereocenters. The monoisotopic (exact) mass is 182 g/mol. The van der Waals surface area contributed by atoms with Gasteiger partial charge in [-0.05, 0) is 19.3 Å². The first-order valence-corrected chi connectivity index (χ1v) is 4.47. The molecule has 1 unspecified atom stereocenters. The highest BCUT2D eigenvalue weighted by molar-refractivity contribution is 5.78. The summed E-state index contributed by atoms with van der Waals surface area (Å²) in [5.74, 6) is -0.0752. The fraction of sp³-hybridized carbons (Fsp3) is 0.778. The third-order valence-electron chi connectivity index (χ3n) is 2.24. The molecular weight excluding hydrogens is 168 g/mol. The number of ether oxygens (including phenoxy) is 1. The summed E-state index contributed by atoms with van der Waals surface area (Å²) in [6.45, 7) is 0.776. The van der Waals surface area contributed by atoms with Crippen molar-refractivity contribution in [2.75, 3.05) is 20.3 Å². The number of nitriles is 1. The van der Waals surface area contributed by atoms with Gasteiger partial charge in [0.2, 0.25) is 5.91 Å². The highest BCUT2D eigenvalue weighted by Gasteiger charge is 2.25. The summed E-state index contributed by atoms with van der Waals surface area (Å²) in [5.41, 5.74) is 0. The first-order chi connectivity index (χ1) is 6.29. The van der Waals surface area contributed by atoms with Crippen molar-refractivity contribution in [3.63, 3.8) is 0 Å². The lowest BCUT2D eigenvalue weighted by atomic mass is 10.0. The molecule has 0 aromatic heterocycles. The lowest BCUT2D eigenvalue weighted by molar-refractivity contribution is -0.137. The fourth-order valence-corrected chi connectivity index (χ4v) is 1.57. The van der Waals surface area contributed by atoms with E-state index in [4.69, 9.17) is 10.00 Å². The normalized spacial score (nSPS) is 22.5. The van der Waals surface area contributed by atoms with E-state index in [1.54, 1.807) is 4.90 Å². The Balaban J connectivity index is 2.54. The van der Waals surface area contributed by atoms with Crippen LogP contribution in [0, 0.1) is 11.3 Å². The lowest BCUT2D eigenvalue weighted by Gasteiger charge is -2.31. The van der Waals surface area contributed by atoms with Gasteiger partial charge < -0.3 is 9.64 Å². The molecule has 4 nitrogen and oxygen atoms in total. The molecule has 0 aromatic rings. The Morgan fingerprint density at radius 3 is 3.08 bits per heavy atom. The Hall–Kier alpha value is -1.08. The summed E-state index contributed by atoms with van der Waals surface area (Å²) >= 11 is 0. The molecule has 72 valence electrons. The quantitative estimate of drug-likeness (QED) is 0.626. The van der Waals surface area contributed by atoms with Gasteiger partial charge in [-0.15, -0.1) is 0 Å². The summed E-state index contributed by atoms with van der Waals surface area (Å²) in [6, 6.07) is 1.90. The second-order valence-corrected chi connectivity index (χ2v) is 3.16. The van der Waals surface area contributed by atoms with Crippen LogP contribution >= 0.6 is 0 Å². The van der Waals surface area contributed by atoms with E-state index < -0.39 is 0 Å². The predicted octanol–water partition coefficient (Wildman–Crippen LogP) is 0.537. The number of likely N-dealkylation sites (tertiary alicyclic amines) is 1. The van der Waals surface area contributed by atoms with Crippen molar-refractivity contribution < 1.29 is 9.53 Å². The number of methoxy groups -OCH3 is 1. The minimum absolute atomic E-state index is 0.0752. The number of hydrogen-bond acceptors (Lipinski definition) is 3. The summed E-state index contributed by atoms with van der Waals surface area (Å²) in [7, 11) is 1.49. The molecular formula is C9H14N2O2. The second-order valence-electron chi connectivity index (χ2n) is 3.16. The van der Waals surface area contributed by atoms with Gasteiger partial charge in [0.25, 0.3) is 0 Å². The fourth-order valence-electron chi connectivity index (χ4n) is 1.57. The van der Waals surface area contributed by atoms with Gasteiger partial charge in [-0.3, -0.25) is 4.79 Å². The van der Waals surface area contributed by atoms with Crippen LogP contribution in [0.3, 0.4) is 0 Å². The molecule has 1 rings (SSSR count). The smallest absolute Gasteiger partial charge is 0.249 e. The Bertz CT molecular complexity index is 222. The average molecular weight is 182 g/mol. The number of rotatable bonds is 2. The van der Waals surface area contributed by atoms with Gasteiger partial charge in [0, 0.05) is 13.7 Å². The van der Waals surface area contributed by atoms with Gasteiger partial charge in [0.1, 0.15) is 12.6 Å². The summed E-state index contributed by atoms with van der Waals surface area (Å²) in [5, 5.41) is 8.79. The molecule has 0 aliphatic carbocycles. The highest BCUT2D eigenvalue weighted by Crippen LogP contribution is 2.16. The number of carbonyl (C=O) groups is 1. The zero-order chi connectivity index (χ0) is 9.68. The van der Waals surface area contributed by atoms with E-state index in [0.29, 0.717) is 6.54 Å². The van der Waals surface area contributed by atoms with Crippen molar-refractivity contribution in [3.05, 3.63) is 0 Å². The highest BCUT2D eigenvalue weighted by atomic mass is 16.5. The van der Waals surface area contributed by atoms with Gasteiger partial charge >= 0.3 is 0 Å². The first kappa shape index (κ1) is 10.0. The SMILES string of the molecule is COCC(=O)N1CCCCC1C#N. The van der Waals surface area contributed by atoms with Crippen molar-refractivity contribution in [1.82, 2.24) is 4.90 Å². The van der Waals surface area contributed by atoms with Gasteiger partial charge in [0.05, 0.1) is 6.07 Å². The standard InChI is InChI=1S/C9H14N2O2/c1-13-7-9(12)11-5-3-2-4-8(11)6-10/h8H,2-5,7H2,1H3. The van der Waals surface area contributed by atoms with Crippen molar-refractivity contribution >= 4 is 5.91 Å². The van der Waals surface area contributed by atoms with Gasteiger partial charge in [-0.2, -0.15) is 5.26 Å². The molecule has 0 saturated carbocycles. The molecule has 4 heteroatoms. The molecule has 1 heterocycles. The van der Waals surface area contributed by atoms with Crippen LogP contribution in [0.2, 0.25) is 0 Å². The number of carbonyl (C=O) groups excluding carboxylic acids is 1. The molecule has 0 aromatic carbocycles. The maximum absolute atomic E-state index is 11.4.